The molecule has 0 unspecified atom stereocenters. The average Bonchev–Trinajstić information content (AvgIpc) is 2.16. The van der Waals surface area contributed by atoms with Gasteiger partial charge >= 0.3 is 7.12 Å². The van der Waals surface area contributed by atoms with Gasteiger partial charge in [0, 0.05) is 20.5 Å². The molecule has 0 aliphatic heterocycles. The van der Waals surface area contributed by atoms with E-state index < -0.39 is 0 Å². The minimum Gasteiger partial charge on any atom is -0.414 e. The van der Waals surface area contributed by atoms with Gasteiger partial charge in [-0.15, -0.1) is 0 Å². The normalized spacial score (nSPS) is 9.83. The highest BCUT2D eigenvalue weighted by Crippen LogP contribution is 2.02. The highest BCUT2D eigenvalue weighted by molar-refractivity contribution is 6.43. The second-order valence-corrected chi connectivity index (χ2v) is 2.59. The summed E-state index contributed by atoms with van der Waals surface area (Å²) >= 11 is 0. The third kappa shape index (κ3) is 2.68. The number of hydrogen-bond donors (Lipinski definition) is 0. The Labute approximate surface area is 73.6 Å². The quantitative estimate of drug-likeness (QED) is 0.628. The van der Waals surface area contributed by atoms with Crippen molar-refractivity contribution >= 4 is 7.12 Å². The molecule has 0 saturated heterocycles. The van der Waals surface area contributed by atoms with E-state index >= 15 is 0 Å². The molecule has 2 nitrogen and oxygen atoms in total. The van der Waals surface area contributed by atoms with E-state index in [1.807, 2.05) is 18.2 Å². The van der Waals surface area contributed by atoms with Crippen LogP contribution in [0.15, 0.2) is 30.3 Å². The van der Waals surface area contributed by atoms with Gasteiger partial charge in [0.05, 0.1) is 0 Å². The van der Waals surface area contributed by atoms with Crippen LogP contribution in [0.4, 0.5) is 0 Å². The molecule has 0 heterocycles. The van der Waals surface area contributed by atoms with Crippen LogP contribution in [0.1, 0.15) is 5.56 Å². The Morgan fingerprint density at radius 1 is 1.08 bits per heavy atom. The van der Waals surface area contributed by atoms with Crippen molar-refractivity contribution in [2.75, 3.05) is 14.2 Å². The Kier molecular flexibility index (Phi) is 3.84. The molecule has 0 N–H and O–H groups in total. The van der Waals surface area contributed by atoms with Crippen LogP contribution in [-0.2, 0) is 15.6 Å². The molecule has 0 aliphatic rings. The lowest BCUT2D eigenvalue weighted by atomic mass is 9.81. The lowest BCUT2D eigenvalue weighted by Crippen LogP contribution is -2.22. The average molecular weight is 164 g/mol. The molecule has 0 spiro atoms. The lowest BCUT2D eigenvalue weighted by molar-refractivity contribution is 0.277. The lowest BCUT2D eigenvalue weighted by Gasteiger charge is -2.07. The standard InChI is InChI=1S/C9H13BO2/c1-11-10(12-2)8-9-6-4-3-5-7-9/h3-7H,8H2,1-2H3. The predicted molar refractivity (Wildman–Crippen MR) is 49.9 cm³/mol. The molecule has 1 rings (SSSR count). The topological polar surface area (TPSA) is 18.5 Å². The molecule has 64 valence electrons. The first-order valence-corrected chi connectivity index (χ1v) is 3.96. The van der Waals surface area contributed by atoms with Crippen molar-refractivity contribution in [1.29, 1.82) is 0 Å². The van der Waals surface area contributed by atoms with Crippen molar-refractivity contribution in [2.45, 2.75) is 6.32 Å². The zero-order chi connectivity index (χ0) is 8.81. The highest BCUT2D eigenvalue weighted by atomic mass is 16.6. The molecule has 0 bridgehead atoms. The van der Waals surface area contributed by atoms with E-state index in [4.69, 9.17) is 9.31 Å². The second-order valence-electron chi connectivity index (χ2n) is 2.59. The maximum absolute atomic E-state index is 5.08. The molecule has 0 aromatic heterocycles. The summed E-state index contributed by atoms with van der Waals surface area (Å²) in [5.41, 5.74) is 1.23. The second kappa shape index (κ2) is 4.96. The van der Waals surface area contributed by atoms with Gasteiger partial charge in [0.15, 0.2) is 0 Å². The first-order valence-electron chi connectivity index (χ1n) is 3.96. The van der Waals surface area contributed by atoms with Crippen LogP contribution >= 0.6 is 0 Å². The van der Waals surface area contributed by atoms with Crippen LogP contribution in [0.3, 0.4) is 0 Å². The summed E-state index contributed by atoms with van der Waals surface area (Å²) in [7, 11) is 3.17. The van der Waals surface area contributed by atoms with Crippen LogP contribution in [0, 0.1) is 0 Å². The maximum Gasteiger partial charge on any atom is 0.461 e. The summed E-state index contributed by atoms with van der Waals surface area (Å²) in [5, 5.41) is 0. The Balaban J connectivity index is 2.51. The Morgan fingerprint density at radius 3 is 2.17 bits per heavy atom. The molecular weight excluding hydrogens is 151 g/mol. The van der Waals surface area contributed by atoms with Gasteiger partial charge in [-0.25, -0.2) is 0 Å². The predicted octanol–water partition coefficient (Wildman–Crippen LogP) is 1.55. The molecule has 0 fully saturated rings. The fourth-order valence-corrected chi connectivity index (χ4v) is 1.07. The zero-order valence-corrected chi connectivity index (χ0v) is 7.49. The summed E-state index contributed by atoms with van der Waals surface area (Å²) in [5.74, 6) is 0. The zero-order valence-electron chi connectivity index (χ0n) is 7.49. The van der Waals surface area contributed by atoms with Crippen molar-refractivity contribution in [2.24, 2.45) is 0 Å². The van der Waals surface area contributed by atoms with E-state index in [1.165, 1.54) is 5.56 Å². The van der Waals surface area contributed by atoms with Gasteiger partial charge in [-0.2, -0.15) is 0 Å². The van der Waals surface area contributed by atoms with Gasteiger partial charge in [-0.3, -0.25) is 0 Å². The summed E-state index contributed by atoms with van der Waals surface area (Å²) < 4.78 is 10.2. The molecule has 1 aromatic carbocycles. The Morgan fingerprint density at radius 2 is 1.67 bits per heavy atom. The minimum absolute atomic E-state index is 0.132. The SMILES string of the molecule is COB(Cc1ccccc1)OC. The van der Waals surface area contributed by atoms with Crippen LogP contribution < -0.4 is 0 Å². The highest BCUT2D eigenvalue weighted by Gasteiger charge is 2.14. The van der Waals surface area contributed by atoms with E-state index in [0.717, 1.165) is 6.32 Å². The molecule has 0 atom stereocenters. The van der Waals surface area contributed by atoms with Crippen molar-refractivity contribution in [3.05, 3.63) is 35.9 Å². The molecule has 3 heteroatoms. The molecule has 0 saturated carbocycles. The third-order valence-corrected chi connectivity index (χ3v) is 1.77. The molecule has 0 amide bonds. The van der Waals surface area contributed by atoms with Gasteiger partial charge in [0.1, 0.15) is 0 Å². The molecule has 0 aliphatic carbocycles. The first kappa shape index (κ1) is 9.29. The number of hydrogen-bond acceptors (Lipinski definition) is 2. The Bertz CT molecular complexity index is 209. The maximum atomic E-state index is 5.08. The summed E-state index contributed by atoms with van der Waals surface area (Å²) in [6.07, 6.45) is 0.799. The molecular formula is C9H13BO2. The van der Waals surface area contributed by atoms with Crippen LogP contribution in [0.25, 0.3) is 0 Å². The fourth-order valence-electron chi connectivity index (χ4n) is 1.07. The van der Waals surface area contributed by atoms with Gasteiger partial charge < -0.3 is 9.31 Å². The summed E-state index contributed by atoms with van der Waals surface area (Å²) in [4.78, 5) is 0. The first-order chi connectivity index (χ1) is 5.86. The van der Waals surface area contributed by atoms with Crippen molar-refractivity contribution < 1.29 is 9.31 Å². The summed E-state index contributed by atoms with van der Waals surface area (Å²) in [6, 6.07) is 10.1. The fraction of sp³-hybridized carbons (Fsp3) is 0.333. The van der Waals surface area contributed by atoms with E-state index in [2.05, 4.69) is 12.1 Å². The molecule has 1 aromatic rings. The van der Waals surface area contributed by atoms with Crippen molar-refractivity contribution in [3.8, 4) is 0 Å². The smallest absolute Gasteiger partial charge is 0.414 e. The van der Waals surface area contributed by atoms with Gasteiger partial charge in [-0.05, 0) is 0 Å². The van der Waals surface area contributed by atoms with Gasteiger partial charge in [0.2, 0.25) is 0 Å². The minimum atomic E-state index is -0.132. The van der Waals surface area contributed by atoms with Crippen LogP contribution in [-0.4, -0.2) is 21.3 Å². The van der Waals surface area contributed by atoms with Crippen molar-refractivity contribution in [1.82, 2.24) is 0 Å². The van der Waals surface area contributed by atoms with Crippen LogP contribution in [0.2, 0.25) is 0 Å². The third-order valence-electron chi connectivity index (χ3n) is 1.77. The van der Waals surface area contributed by atoms with Crippen molar-refractivity contribution in [3.63, 3.8) is 0 Å². The van der Waals surface area contributed by atoms with E-state index in [9.17, 15) is 0 Å². The van der Waals surface area contributed by atoms with E-state index in [0.29, 0.717) is 0 Å². The van der Waals surface area contributed by atoms with Gasteiger partial charge in [0.25, 0.3) is 0 Å². The van der Waals surface area contributed by atoms with E-state index in [-0.39, 0.29) is 7.12 Å². The summed E-state index contributed by atoms with van der Waals surface area (Å²) in [6.45, 7) is 0. The molecule has 0 radical (unpaired) electrons. The molecule has 12 heavy (non-hydrogen) atoms. The van der Waals surface area contributed by atoms with Crippen LogP contribution in [0.5, 0.6) is 0 Å². The van der Waals surface area contributed by atoms with Gasteiger partial charge in [-0.1, -0.05) is 35.9 Å². The number of benzene rings is 1. The van der Waals surface area contributed by atoms with E-state index in [1.54, 1.807) is 14.2 Å². The Hall–Kier alpha value is -0.795. The number of rotatable bonds is 4. The monoisotopic (exact) mass is 164 g/mol. The largest absolute Gasteiger partial charge is 0.461 e.